The summed E-state index contributed by atoms with van der Waals surface area (Å²) in [5.41, 5.74) is 1.03. The molecule has 0 aromatic heterocycles. The van der Waals surface area contributed by atoms with Gasteiger partial charge in [0.25, 0.3) is 0 Å². The van der Waals surface area contributed by atoms with Crippen LogP contribution >= 0.6 is 0 Å². The molecular formula is C15H21FNO4S+. The number of hydrogen-bond donors (Lipinski definition) is 2. The first-order valence-corrected chi connectivity index (χ1v) is 8.33. The van der Waals surface area contributed by atoms with Gasteiger partial charge in [-0.1, -0.05) is 13.0 Å². The van der Waals surface area contributed by atoms with Crippen molar-refractivity contribution in [2.24, 2.45) is 0 Å². The summed E-state index contributed by atoms with van der Waals surface area (Å²) >= 11 is 0.316. The minimum atomic E-state index is -0.572. The van der Waals surface area contributed by atoms with E-state index in [2.05, 4.69) is 0 Å². The molecule has 2 rings (SSSR count). The van der Waals surface area contributed by atoms with E-state index in [1.165, 1.54) is 11.0 Å². The highest BCUT2D eigenvalue weighted by molar-refractivity contribution is 7.72. The molecule has 2 N–H and O–H groups in total. The topological polar surface area (TPSA) is 70.0 Å². The molecule has 2 atom stereocenters. The number of anilines is 1. The minimum Gasteiger partial charge on any atom is -0.441 e. The fraction of sp³-hybridized carbons (Fsp3) is 0.533. The van der Waals surface area contributed by atoms with E-state index in [0.717, 1.165) is 6.42 Å². The molecule has 2 unspecified atom stereocenters. The molecule has 0 saturated carbocycles. The highest BCUT2D eigenvalue weighted by atomic mass is 32.2. The zero-order chi connectivity index (χ0) is 16.1. The second kappa shape index (κ2) is 7.80. The van der Waals surface area contributed by atoms with Crippen LogP contribution in [-0.2, 0) is 16.8 Å². The van der Waals surface area contributed by atoms with E-state index < -0.39 is 12.2 Å². The van der Waals surface area contributed by atoms with E-state index in [0.29, 0.717) is 35.5 Å². The van der Waals surface area contributed by atoms with Crippen LogP contribution in [0.5, 0.6) is 0 Å². The monoisotopic (exact) mass is 330 g/mol. The Labute approximate surface area is 133 Å². The summed E-state index contributed by atoms with van der Waals surface area (Å²) in [6.07, 6.45) is 0.354. The van der Waals surface area contributed by atoms with Crippen molar-refractivity contribution < 1.29 is 23.6 Å². The predicted molar refractivity (Wildman–Crippen MR) is 85.0 cm³/mol. The molecule has 1 fully saturated rings. The summed E-state index contributed by atoms with van der Waals surface area (Å²) in [5.74, 6) is 0.291. The van der Waals surface area contributed by atoms with Gasteiger partial charge in [-0.25, -0.2) is 9.18 Å². The maximum absolute atomic E-state index is 14.4. The van der Waals surface area contributed by atoms with Crippen LogP contribution in [0.25, 0.3) is 0 Å². The number of halogens is 1. The first-order valence-electron chi connectivity index (χ1n) is 7.30. The van der Waals surface area contributed by atoms with Crippen LogP contribution in [0.15, 0.2) is 18.2 Å². The van der Waals surface area contributed by atoms with Crippen molar-refractivity contribution in [3.05, 3.63) is 29.6 Å². The summed E-state index contributed by atoms with van der Waals surface area (Å²) in [4.78, 5) is 13.0. The van der Waals surface area contributed by atoms with Crippen molar-refractivity contribution >= 4 is 23.8 Å². The van der Waals surface area contributed by atoms with Gasteiger partial charge in [-0.2, -0.15) is 4.55 Å². The van der Waals surface area contributed by atoms with Gasteiger partial charge in [0.05, 0.1) is 18.8 Å². The van der Waals surface area contributed by atoms with Gasteiger partial charge in [-0.3, -0.25) is 4.90 Å². The molecule has 22 heavy (non-hydrogen) atoms. The number of nitrogens with zero attached hydrogens (tertiary/aromatic N) is 1. The van der Waals surface area contributed by atoms with Gasteiger partial charge < -0.3 is 9.84 Å². The number of benzene rings is 1. The molecule has 0 aliphatic carbocycles. The third kappa shape index (κ3) is 3.71. The Morgan fingerprint density at radius 1 is 1.55 bits per heavy atom. The summed E-state index contributed by atoms with van der Waals surface area (Å²) in [6, 6.07) is 4.71. The normalized spacial score (nSPS) is 19.4. The number of amides is 1. The third-order valence-corrected chi connectivity index (χ3v) is 4.34. The molecule has 0 radical (unpaired) electrons. The largest absolute Gasteiger partial charge is 0.441 e. The number of thiol groups is 1. The Morgan fingerprint density at radius 3 is 2.86 bits per heavy atom. The quantitative estimate of drug-likeness (QED) is 0.594. The highest BCUT2D eigenvalue weighted by Crippen LogP contribution is 2.30. The standard InChI is InChI=1S/C15H20FNO4S/c1-2-10(5-6-22-20)13-4-3-11(7-14(13)16)17-8-12(9-18)21-15(17)19/h3-4,7,10,12,18,20H,2,5-6,8-9H2,1H3/p+1. The Morgan fingerprint density at radius 2 is 2.32 bits per heavy atom. The number of aliphatic hydroxyl groups is 1. The van der Waals surface area contributed by atoms with Crippen molar-refractivity contribution in [3.8, 4) is 0 Å². The summed E-state index contributed by atoms with van der Waals surface area (Å²) in [5, 5.41) is 9.04. The molecule has 1 amide bonds. The number of aliphatic hydroxyl groups excluding tert-OH is 1. The Bertz CT molecular complexity index is 528. The number of cyclic esters (lactones) is 1. The number of carbonyl (C=O) groups is 1. The Kier molecular flexibility index (Phi) is 6.05. The lowest BCUT2D eigenvalue weighted by molar-refractivity contribution is 0.0963. The molecular weight excluding hydrogens is 309 g/mol. The van der Waals surface area contributed by atoms with Crippen molar-refractivity contribution in [2.75, 3.05) is 23.8 Å². The van der Waals surface area contributed by atoms with Crippen molar-refractivity contribution in [1.29, 1.82) is 0 Å². The van der Waals surface area contributed by atoms with Crippen LogP contribution in [0.2, 0.25) is 0 Å². The van der Waals surface area contributed by atoms with E-state index in [9.17, 15) is 9.18 Å². The van der Waals surface area contributed by atoms with Gasteiger partial charge in [-0.15, -0.1) is 0 Å². The van der Waals surface area contributed by atoms with E-state index in [4.69, 9.17) is 14.4 Å². The van der Waals surface area contributed by atoms with Crippen molar-refractivity contribution in [3.63, 3.8) is 0 Å². The zero-order valence-electron chi connectivity index (χ0n) is 12.4. The second-order valence-corrected chi connectivity index (χ2v) is 5.99. The molecule has 1 aromatic rings. The van der Waals surface area contributed by atoms with Crippen LogP contribution in [0.3, 0.4) is 0 Å². The average molecular weight is 330 g/mol. The highest BCUT2D eigenvalue weighted by Gasteiger charge is 2.32. The average Bonchev–Trinajstić information content (AvgIpc) is 2.90. The molecule has 1 heterocycles. The number of carbonyl (C=O) groups excluding carboxylic acids is 1. The first kappa shape index (κ1) is 17.1. The van der Waals surface area contributed by atoms with Gasteiger partial charge in [-0.05, 0) is 30.0 Å². The van der Waals surface area contributed by atoms with Gasteiger partial charge in [0.2, 0.25) is 0 Å². The van der Waals surface area contributed by atoms with Crippen LogP contribution in [0.4, 0.5) is 14.9 Å². The fourth-order valence-corrected chi connectivity index (χ4v) is 3.06. The molecule has 1 saturated heterocycles. The van der Waals surface area contributed by atoms with E-state index in [1.807, 2.05) is 6.92 Å². The summed E-state index contributed by atoms with van der Waals surface area (Å²) in [6.45, 7) is 1.95. The first-order chi connectivity index (χ1) is 10.6. The van der Waals surface area contributed by atoms with Crippen LogP contribution in [-0.4, -0.2) is 40.8 Å². The number of ether oxygens (including phenoxy) is 1. The van der Waals surface area contributed by atoms with E-state index >= 15 is 0 Å². The van der Waals surface area contributed by atoms with Crippen molar-refractivity contribution in [1.82, 2.24) is 0 Å². The predicted octanol–water partition coefficient (Wildman–Crippen LogP) is 2.31. The number of rotatable bonds is 7. The molecule has 122 valence electrons. The fourth-order valence-electron chi connectivity index (χ4n) is 2.64. The summed E-state index contributed by atoms with van der Waals surface area (Å²) < 4.78 is 28.2. The molecule has 0 bridgehead atoms. The van der Waals surface area contributed by atoms with Gasteiger partial charge in [0, 0.05) is 6.42 Å². The lowest BCUT2D eigenvalue weighted by Gasteiger charge is -2.17. The maximum atomic E-state index is 14.4. The van der Waals surface area contributed by atoms with Crippen molar-refractivity contribution in [2.45, 2.75) is 31.8 Å². The van der Waals surface area contributed by atoms with Crippen LogP contribution in [0.1, 0.15) is 31.2 Å². The third-order valence-electron chi connectivity index (χ3n) is 3.88. The Hall–Kier alpha value is -1.31. The smallest absolute Gasteiger partial charge is 0.414 e. The van der Waals surface area contributed by atoms with Crippen LogP contribution in [0, 0.1) is 5.82 Å². The molecule has 1 aliphatic rings. The van der Waals surface area contributed by atoms with E-state index in [-0.39, 0.29) is 24.9 Å². The summed E-state index contributed by atoms with van der Waals surface area (Å²) in [7, 11) is 0. The zero-order valence-corrected chi connectivity index (χ0v) is 13.3. The van der Waals surface area contributed by atoms with Gasteiger partial charge in [0.1, 0.15) is 29.7 Å². The lowest BCUT2D eigenvalue weighted by atomic mass is 9.93. The lowest BCUT2D eigenvalue weighted by Crippen LogP contribution is -2.25. The van der Waals surface area contributed by atoms with Gasteiger partial charge in [0.15, 0.2) is 0 Å². The van der Waals surface area contributed by atoms with Crippen LogP contribution < -0.4 is 4.90 Å². The molecule has 0 spiro atoms. The molecule has 1 aromatic carbocycles. The SMILES string of the molecule is CCC(CC[SH+]O)c1ccc(N2CC(CO)OC2=O)cc1F. The minimum absolute atomic E-state index is 0.0458. The maximum Gasteiger partial charge on any atom is 0.414 e. The second-order valence-electron chi connectivity index (χ2n) is 5.26. The Balaban J connectivity index is 2.17. The molecule has 5 nitrogen and oxygen atoms in total. The van der Waals surface area contributed by atoms with Gasteiger partial charge >= 0.3 is 6.09 Å². The molecule has 7 heteroatoms. The van der Waals surface area contributed by atoms with E-state index in [1.54, 1.807) is 12.1 Å². The molecule has 1 aliphatic heterocycles. The number of hydrogen-bond acceptors (Lipinski definition) is 4.